The zero-order valence-corrected chi connectivity index (χ0v) is 11.9. The Bertz CT molecular complexity index is 775. The van der Waals surface area contributed by atoms with Gasteiger partial charge < -0.3 is 9.67 Å². The van der Waals surface area contributed by atoms with Gasteiger partial charge in [0.25, 0.3) is 5.92 Å². The summed E-state index contributed by atoms with van der Waals surface area (Å²) in [6.07, 6.45) is -1.27. The van der Waals surface area contributed by atoms with Crippen LogP contribution in [0.2, 0.25) is 5.02 Å². The number of aliphatic hydroxyl groups is 1. The van der Waals surface area contributed by atoms with E-state index in [1.54, 1.807) is 0 Å². The molecule has 2 aromatic rings. The number of hydrogen-bond acceptors (Lipinski definition) is 1. The Morgan fingerprint density at radius 3 is 2.73 bits per heavy atom. The Morgan fingerprint density at radius 1 is 1.36 bits per heavy atom. The molecule has 22 heavy (non-hydrogen) atoms. The summed E-state index contributed by atoms with van der Waals surface area (Å²) in [6.45, 7) is 7.12. The van der Waals surface area contributed by atoms with E-state index in [2.05, 4.69) is 4.85 Å². The number of hydrogen-bond donors (Lipinski definition) is 1. The van der Waals surface area contributed by atoms with Gasteiger partial charge in [-0.3, -0.25) is 0 Å². The molecule has 3 nitrogen and oxygen atoms in total. The van der Waals surface area contributed by atoms with Gasteiger partial charge in [0.1, 0.15) is 11.9 Å². The van der Waals surface area contributed by atoms with E-state index in [0.717, 1.165) is 6.07 Å². The number of aliphatic hydroxyl groups excluding tert-OH is 1. The molecule has 1 aliphatic carbocycles. The lowest BCUT2D eigenvalue weighted by atomic mass is 9.90. The van der Waals surface area contributed by atoms with Gasteiger partial charge in [0.2, 0.25) is 5.69 Å². The van der Waals surface area contributed by atoms with Crippen LogP contribution in [-0.4, -0.2) is 15.6 Å². The molecule has 0 amide bonds. The summed E-state index contributed by atoms with van der Waals surface area (Å²) < 4.78 is 42.3. The molecule has 114 valence electrons. The highest BCUT2D eigenvalue weighted by atomic mass is 35.5. The third kappa shape index (κ3) is 2.27. The summed E-state index contributed by atoms with van der Waals surface area (Å²) in [6, 6.07) is 3.79. The minimum Gasteiger partial charge on any atom is -0.383 e. The summed E-state index contributed by atoms with van der Waals surface area (Å²) in [7, 11) is 0. The van der Waals surface area contributed by atoms with E-state index < -0.39 is 24.3 Å². The molecule has 1 unspecified atom stereocenters. The number of alkyl halides is 2. The first-order valence-electron chi connectivity index (χ1n) is 6.47. The second kappa shape index (κ2) is 5.04. The van der Waals surface area contributed by atoms with E-state index in [0.29, 0.717) is 11.4 Å². The van der Waals surface area contributed by atoms with Gasteiger partial charge in [0.15, 0.2) is 0 Å². The van der Waals surface area contributed by atoms with Gasteiger partial charge in [-0.2, -0.15) is 0 Å². The fourth-order valence-electron chi connectivity index (χ4n) is 2.73. The molecule has 0 radical (unpaired) electrons. The molecule has 1 N–H and O–H groups in total. The van der Waals surface area contributed by atoms with Crippen LogP contribution in [0.4, 0.5) is 18.9 Å². The standard InChI is InChI=1S/C15H10ClF3N2O/c1-20-11-7-21(10-5-8(16)4-9(17)6-10)12-2-3-15(18,19)14(22)13(11)12/h4-7,14,22H,2-3H2. The van der Waals surface area contributed by atoms with Crippen molar-refractivity contribution < 1.29 is 18.3 Å². The molecule has 7 heteroatoms. The van der Waals surface area contributed by atoms with Gasteiger partial charge in [0.05, 0.1) is 6.57 Å². The average Bonchev–Trinajstić information content (AvgIpc) is 2.81. The Balaban J connectivity index is 2.22. The number of fused-ring (bicyclic) bond motifs is 1. The second-order valence-corrected chi connectivity index (χ2v) is 5.58. The summed E-state index contributed by atoms with van der Waals surface area (Å²) in [5.41, 5.74) is 0.550. The number of halogens is 4. The van der Waals surface area contributed by atoms with Crippen molar-refractivity contribution in [2.75, 3.05) is 0 Å². The SMILES string of the molecule is [C-]#[N+]c1cn(-c2cc(F)cc(Cl)c2)c2c1C(O)C(F)(F)CC2. The molecule has 0 fully saturated rings. The van der Waals surface area contributed by atoms with Gasteiger partial charge in [0, 0.05) is 34.6 Å². The lowest BCUT2D eigenvalue weighted by Gasteiger charge is -2.29. The van der Waals surface area contributed by atoms with Crippen LogP contribution >= 0.6 is 11.6 Å². The normalized spacial score (nSPS) is 19.5. The van der Waals surface area contributed by atoms with Gasteiger partial charge in [-0.1, -0.05) is 11.6 Å². The topological polar surface area (TPSA) is 29.5 Å². The Kier molecular flexibility index (Phi) is 3.42. The predicted octanol–water partition coefficient (Wildman–Crippen LogP) is 4.44. The third-order valence-electron chi connectivity index (χ3n) is 3.74. The van der Waals surface area contributed by atoms with Crippen LogP contribution in [-0.2, 0) is 6.42 Å². The number of nitrogens with zero attached hydrogens (tertiary/aromatic N) is 2. The average molecular weight is 327 g/mol. The molecule has 3 rings (SSSR count). The zero-order chi connectivity index (χ0) is 16.1. The van der Waals surface area contributed by atoms with Crippen molar-refractivity contribution in [3.63, 3.8) is 0 Å². The molecule has 0 bridgehead atoms. The molecule has 0 saturated heterocycles. The van der Waals surface area contributed by atoms with E-state index in [1.165, 1.54) is 22.9 Å². The quantitative estimate of drug-likeness (QED) is 0.772. The van der Waals surface area contributed by atoms with Crippen molar-refractivity contribution in [3.8, 4) is 5.69 Å². The van der Waals surface area contributed by atoms with Crippen molar-refractivity contribution >= 4 is 17.3 Å². The van der Waals surface area contributed by atoms with Crippen LogP contribution in [0.5, 0.6) is 0 Å². The van der Waals surface area contributed by atoms with Gasteiger partial charge in [-0.05, 0) is 24.6 Å². The van der Waals surface area contributed by atoms with Crippen molar-refractivity contribution in [3.05, 3.63) is 57.9 Å². The molecule has 1 aromatic heterocycles. The van der Waals surface area contributed by atoms with Crippen LogP contribution < -0.4 is 0 Å². The highest BCUT2D eigenvalue weighted by Gasteiger charge is 2.46. The Hall–Kier alpha value is -1.97. The fraction of sp³-hybridized carbons (Fsp3) is 0.267. The molecule has 0 aliphatic heterocycles. The molecule has 1 aromatic carbocycles. The Labute approximate surface area is 129 Å². The first-order valence-corrected chi connectivity index (χ1v) is 6.85. The number of aromatic nitrogens is 1. The van der Waals surface area contributed by atoms with Crippen molar-refractivity contribution in [2.45, 2.75) is 24.9 Å². The van der Waals surface area contributed by atoms with E-state index in [-0.39, 0.29) is 22.7 Å². The first-order chi connectivity index (χ1) is 10.3. The minimum absolute atomic E-state index is 0.0248. The van der Waals surface area contributed by atoms with Gasteiger partial charge >= 0.3 is 0 Å². The highest BCUT2D eigenvalue weighted by molar-refractivity contribution is 6.30. The summed E-state index contributed by atoms with van der Waals surface area (Å²) in [5, 5.41) is 10.0. The van der Waals surface area contributed by atoms with Crippen LogP contribution in [0.15, 0.2) is 24.4 Å². The van der Waals surface area contributed by atoms with E-state index in [1.807, 2.05) is 0 Å². The van der Waals surface area contributed by atoms with Crippen molar-refractivity contribution in [2.24, 2.45) is 0 Å². The van der Waals surface area contributed by atoms with E-state index in [4.69, 9.17) is 18.2 Å². The minimum atomic E-state index is -3.28. The largest absolute Gasteiger partial charge is 0.383 e. The maximum Gasteiger partial charge on any atom is 0.276 e. The molecule has 1 aliphatic rings. The molecular weight excluding hydrogens is 317 g/mol. The van der Waals surface area contributed by atoms with Crippen LogP contribution in [0.25, 0.3) is 10.5 Å². The number of benzene rings is 1. The summed E-state index contributed by atoms with van der Waals surface area (Å²) in [5.74, 6) is -3.85. The lowest BCUT2D eigenvalue weighted by Crippen LogP contribution is -2.32. The molecule has 1 heterocycles. The lowest BCUT2D eigenvalue weighted by molar-refractivity contribution is -0.121. The predicted molar refractivity (Wildman–Crippen MR) is 75.2 cm³/mol. The van der Waals surface area contributed by atoms with E-state index in [9.17, 15) is 18.3 Å². The first kappa shape index (κ1) is 14.9. The van der Waals surface area contributed by atoms with Crippen LogP contribution in [0.3, 0.4) is 0 Å². The van der Waals surface area contributed by atoms with Crippen molar-refractivity contribution in [1.29, 1.82) is 0 Å². The maximum atomic E-state index is 13.7. The van der Waals surface area contributed by atoms with E-state index >= 15 is 0 Å². The molecule has 1 atom stereocenters. The number of rotatable bonds is 1. The van der Waals surface area contributed by atoms with Crippen LogP contribution in [0.1, 0.15) is 23.8 Å². The summed E-state index contributed by atoms with van der Waals surface area (Å²) in [4.78, 5) is 3.20. The fourth-order valence-corrected chi connectivity index (χ4v) is 2.95. The van der Waals surface area contributed by atoms with Gasteiger partial charge in [-0.15, -0.1) is 0 Å². The highest BCUT2D eigenvalue weighted by Crippen LogP contribution is 2.47. The summed E-state index contributed by atoms with van der Waals surface area (Å²) >= 11 is 5.81. The molecule has 0 spiro atoms. The monoisotopic (exact) mass is 326 g/mol. The zero-order valence-electron chi connectivity index (χ0n) is 11.2. The van der Waals surface area contributed by atoms with Crippen LogP contribution in [0, 0.1) is 12.4 Å². The Morgan fingerprint density at radius 2 is 2.09 bits per heavy atom. The van der Waals surface area contributed by atoms with Gasteiger partial charge in [-0.25, -0.2) is 18.0 Å². The molecular formula is C15H10ClF3N2O. The molecule has 0 saturated carbocycles. The smallest absolute Gasteiger partial charge is 0.276 e. The van der Waals surface area contributed by atoms with Crippen molar-refractivity contribution in [1.82, 2.24) is 4.57 Å². The third-order valence-corrected chi connectivity index (χ3v) is 3.96. The maximum absolute atomic E-state index is 13.7. The second-order valence-electron chi connectivity index (χ2n) is 5.15.